The Bertz CT molecular complexity index is 423. The Morgan fingerprint density at radius 1 is 1.44 bits per heavy atom. The van der Waals surface area contributed by atoms with Crippen molar-refractivity contribution in [3.8, 4) is 0 Å². The molecule has 2 atom stereocenters. The van der Waals surface area contributed by atoms with Gasteiger partial charge in [-0.15, -0.1) is 0 Å². The summed E-state index contributed by atoms with van der Waals surface area (Å²) in [5.41, 5.74) is 1.65. The summed E-state index contributed by atoms with van der Waals surface area (Å²) in [6.07, 6.45) is 1.92. The van der Waals surface area contributed by atoms with Gasteiger partial charge in [-0.25, -0.2) is 0 Å². The molecule has 0 aliphatic carbocycles. The smallest absolute Gasteiger partial charge is 0.0524 e. The van der Waals surface area contributed by atoms with Crippen molar-refractivity contribution in [1.29, 1.82) is 0 Å². The quantitative estimate of drug-likeness (QED) is 0.876. The van der Waals surface area contributed by atoms with Gasteiger partial charge in [-0.2, -0.15) is 5.10 Å². The minimum atomic E-state index is 0.303. The van der Waals surface area contributed by atoms with Gasteiger partial charge in [0.2, 0.25) is 0 Å². The molecule has 1 aromatic rings. The second-order valence-electron chi connectivity index (χ2n) is 6.20. The van der Waals surface area contributed by atoms with Gasteiger partial charge in [0.25, 0.3) is 0 Å². The molecule has 0 spiro atoms. The zero-order chi connectivity index (χ0) is 12.8. The van der Waals surface area contributed by atoms with Crippen LogP contribution >= 0.6 is 0 Å². The third kappa shape index (κ3) is 1.79. The number of likely N-dealkylation sites (tertiary alicyclic amines) is 1. The van der Waals surface area contributed by atoms with E-state index in [1.807, 2.05) is 6.20 Å². The highest BCUT2D eigenvalue weighted by atomic mass is 15.3. The molecule has 0 saturated carbocycles. The third-order valence-corrected chi connectivity index (χ3v) is 4.97. The molecule has 2 aliphatic heterocycles. The van der Waals surface area contributed by atoms with Gasteiger partial charge in [-0.05, 0) is 45.2 Å². The highest BCUT2D eigenvalue weighted by Crippen LogP contribution is 2.41. The molecule has 0 amide bonds. The lowest BCUT2D eigenvalue weighted by Gasteiger charge is -2.35. The number of fused-ring (bicyclic) bond motifs is 1. The minimum absolute atomic E-state index is 0.303. The number of aryl methyl sites for hydroxylation is 1. The van der Waals surface area contributed by atoms with Gasteiger partial charge >= 0.3 is 0 Å². The number of aromatic nitrogens is 2. The Balaban J connectivity index is 1.78. The molecule has 1 N–H and O–H groups in total. The van der Waals surface area contributed by atoms with E-state index >= 15 is 0 Å². The fourth-order valence-electron chi connectivity index (χ4n) is 3.75. The third-order valence-electron chi connectivity index (χ3n) is 4.97. The molecular formula is C14H24N4. The number of nitrogens with zero attached hydrogens (tertiary/aromatic N) is 3. The van der Waals surface area contributed by atoms with E-state index in [4.69, 9.17) is 0 Å². The van der Waals surface area contributed by atoms with Crippen molar-refractivity contribution in [2.24, 2.45) is 11.8 Å². The van der Waals surface area contributed by atoms with Crippen LogP contribution in [0.15, 0.2) is 12.3 Å². The summed E-state index contributed by atoms with van der Waals surface area (Å²) in [4.78, 5) is 2.65. The van der Waals surface area contributed by atoms with Crippen molar-refractivity contribution in [1.82, 2.24) is 20.0 Å². The lowest BCUT2D eigenvalue weighted by atomic mass is 9.85. The number of hydrogen-bond acceptors (Lipinski definition) is 3. The molecule has 4 heteroatoms. The van der Waals surface area contributed by atoms with E-state index in [0.717, 1.165) is 24.9 Å². The van der Waals surface area contributed by atoms with E-state index in [2.05, 4.69) is 46.8 Å². The van der Waals surface area contributed by atoms with Crippen molar-refractivity contribution in [3.05, 3.63) is 18.0 Å². The number of rotatable bonds is 3. The van der Waals surface area contributed by atoms with Crippen LogP contribution in [0.4, 0.5) is 0 Å². The van der Waals surface area contributed by atoms with Crippen molar-refractivity contribution in [3.63, 3.8) is 0 Å². The maximum absolute atomic E-state index is 4.37. The average molecular weight is 248 g/mol. The lowest BCUT2D eigenvalue weighted by molar-refractivity contribution is 0.128. The Kier molecular flexibility index (Phi) is 2.94. The van der Waals surface area contributed by atoms with Gasteiger partial charge in [0.1, 0.15) is 0 Å². The Hall–Kier alpha value is -0.870. The van der Waals surface area contributed by atoms with Gasteiger partial charge < -0.3 is 5.32 Å². The molecule has 2 fully saturated rings. The Labute approximate surface area is 109 Å². The van der Waals surface area contributed by atoms with E-state index in [0.29, 0.717) is 5.54 Å². The highest BCUT2D eigenvalue weighted by molar-refractivity contribution is 5.08. The van der Waals surface area contributed by atoms with Crippen molar-refractivity contribution in [2.75, 3.05) is 19.6 Å². The van der Waals surface area contributed by atoms with E-state index in [-0.39, 0.29) is 0 Å². The number of hydrogen-bond donors (Lipinski definition) is 1. The molecule has 18 heavy (non-hydrogen) atoms. The largest absolute Gasteiger partial charge is 0.316 e. The summed E-state index contributed by atoms with van der Waals surface area (Å²) in [5.74, 6) is 1.63. The molecule has 0 aromatic carbocycles. The summed E-state index contributed by atoms with van der Waals surface area (Å²) in [6, 6.07) is 2.16. The molecule has 0 radical (unpaired) electrons. The fourth-order valence-corrected chi connectivity index (χ4v) is 3.75. The molecule has 2 aliphatic rings. The van der Waals surface area contributed by atoms with E-state index in [9.17, 15) is 0 Å². The summed E-state index contributed by atoms with van der Waals surface area (Å²) in [5, 5.41) is 7.91. The standard InChI is InChI=1S/C14H24N4/c1-4-18-12(5-6-16-18)10-17-9-11-7-15-8-13(11)14(17,2)3/h5-6,11,13,15H,4,7-10H2,1-3H3. The van der Waals surface area contributed by atoms with Crippen LogP contribution in [0, 0.1) is 11.8 Å². The monoisotopic (exact) mass is 248 g/mol. The first-order valence-electron chi connectivity index (χ1n) is 7.09. The summed E-state index contributed by atoms with van der Waals surface area (Å²) in [6.45, 7) is 12.6. The molecule has 4 nitrogen and oxygen atoms in total. The predicted octanol–water partition coefficient (Wildman–Crippen LogP) is 1.33. The predicted molar refractivity (Wildman–Crippen MR) is 72.2 cm³/mol. The fraction of sp³-hybridized carbons (Fsp3) is 0.786. The van der Waals surface area contributed by atoms with Crippen molar-refractivity contribution >= 4 is 0 Å². The van der Waals surface area contributed by atoms with Gasteiger partial charge in [-0.1, -0.05) is 0 Å². The van der Waals surface area contributed by atoms with E-state index in [1.54, 1.807) is 0 Å². The SMILES string of the molecule is CCn1nccc1CN1CC2CNCC2C1(C)C. The van der Waals surface area contributed by atoms with E-state index < -0.39 is 0 Å². The maximum atomic E-state index is 4.37. The Morgan fingerprint density at radius 2 is 2.28 bits per heavy atom. The average Bonchev–Trinajstić information content (AvgIpc) is 2.99. The molecule has 3 heterocycles. The normalized spacial score (nSPS) is 30.8. The van der Waals surface area contributed by atoms with Gasteiger partial charge in [0.05, 0.1) is 5.69 Å². The molecule has 2 saturated heterocycles. The molecule has 0 bridgehead atoms. The minimum Gasteiger partial charge on any atom is -0.316 e. The van der Waals surface area contributed by atoms with Crippen LogP contribution in [0.3, 0.4) is 0 Å². The van der Waals surface area contributed by atoms with Crippen LogP contribution in [0.2, 0.25) is 0 Å². The first kappa shape index (κ1) is 12.2. The zero-order valence-electron chi connectivity index (χ0n) is 11.7. The number of nitrogens with one attached hydrogen (secondary N) is 1. The van der Waals surface area contributed by atoms with Crippen LogP contribution in [-0.2, 0) is 13.1 Å². The van der Waals surface area contributed by atoms with Crippen LogP contribution < -0.4 is 5.32 Å². The molecular weight excluding hydrogens is 224 g/mol. The van der Waals surface area contributed by atoms with E-state index in [1.165, 1.54) is 25.3 Å². The first-order chi connectivity index (χ1) is 8.63. The molecule has 2 unspecified atom stereocenters. The molecule has 1 aromatic heterocycles. The summed E-state index contributed by atoms with van der Waals surface area (Å²) >= 11 is 0. The molecule has 3 rings (SSSR count). The summed E-state index contributed by atoms with van der Waals surface area (Å²) in [7, 11) is 0. The summed E-state index contributed by atoms with van der Waals surface area (Å²) < 4.78 is 2.11. The van der Waals surface area contributed by atoms with Crippen LogP contribution in [0.5, 0.6) is 0 Å². The van der Waals surface area contributed by atoms with Crippen molar-refractivity contribution < 1.29 is 0 Å². The zero-order valence-corrected chi connectivity index (χ0v) is 11.7. The van der Waals surface area contributed by atoms with Gasteiger partial charge in [0.15, 0.2) is 0 Å². The van der Waals surface area contributed by atoms with Gasteiger partial charge in [0, 0.05) is 37.9 Å². The lowest BCUT2D eigenvalue weighted by Crippen LogP contribution is -2.44. The van der Waals surface area contributed by atoms with Crippen molar-refractivity contribution in [2.45, 2.75) is 39.4 Å². The highest BCUT2D eigenvalue weighted by Gasteiger charge is 2.49. The Morgan fingerprint density at radius 3 is 3.00 bits per heavy atom. The van der Waals surface area contributed by atoms with Crippen LogP contribution in [0.25, 0.3) is 0 Å². The topological polar surface area (TPSA) is 33.1 Å². The molecule has 100 valence electrons. The second kappa shape index (κ2) is 4.35. The first-order valence-corrected chi connectivity index (χ1v) is 7.09. The van der Waals surface area contributed by atoms with Crippen LogP contribution in [-0.4, -0.2) is 39.9 Å². The van der Waals surface area contributed by atoms with Gasteiger partial charge in [-0.3, -0.25) is 9.58 Å². The van der Waals surface area contributed by atoms with Crippen LogP contribution in [0.1, 0.15) is 26.5 Å². The maximum Gasteiger partial charge on any atom is 0.0524 e. The second-order valence-corrected chi connectivity index (χ2v) is 6.20.